The molecule has 6 nitrogen and oxygen atoms in total. The van der Waals surface area contributed by atoms with Crippen LogP contribution in [-0.4, -0.2) is 71.5 Å². The van der Waals surface area contributed by atoms with Crippen molar-refractivity contribution in [2.24, 2.45) is 0 Å². The lowest BCUT2D eigenvalue weighted by atomic mass is 10.2. The number of aliphatic carboxylic acids is 1. The quantitative estimate of drug-likeness (QED) is 0.855. The van der Waals surface area contributed by atoms with E-state index in [-0.39, 0.29) is 26.1 Å². The van der Waals surface area contributed by atoms with Crippen LogP contribution in [0.3, 0.4) is 0 Å². The number of carbonyl (C=O) groups is 2. The van der Waals surface area contributed by atoms with E-state index in [1.807, 2.05) is 0 Å². The summed E-state index contributed by atoms with van der Waals surface area (Å²) in [5.74, 6) is -1.08. The number of nitrogens with zero attached hydrogens (tertiary/aromatic N) is 2. The summed E-state index contributed by atoms with van der Waals surface area (Å²) in [5.41, 5.74) is 0. The van der Waals surface area contributed by atoms with Crippen molar-refractivity contribution in [2.45, 2.75) is 38.6 Å². The fourth-order valence-corrected chi connectivity index (χ4v) is 2.06. The van der Waals surface area contributed by atoms with Crippen LogP contribution < -0.4 is 0 Å². The summed E-state index contributed by atoms with van der Waals surface area (Å²) in [6.07, 6.45) is -5.46. The number of alkyl halides is 3. The number of ether oxygens (including phenoxy) is 1. The Kier molecular flexibility index (Phi) is 5.82. The second-order valence-corrected chi connectivity index (χ2v) is 5.16. The molecule has 0 spiro atoms. The van der Waals surface area contributed by atoms with Gasteiger partial charge in [-0.1, -0.05) is 0 Å². The first-order valence-electron chi connectivity index (χ1n) is 6.56. The van der Waals surface area contributed by atoms with Crippen molar-refractivity contribution in [3.8, 4) is 0 Å². The van der Waals surface area contributed by atoms with E-state index in [9.17, 15) is 22.8 Å². The maximum absolute atomic E-state index is 12.5. The molecule has 1 heterocycles. The van der Waals surface area contributed by atoms with Crippen molar-refractivity contribution in [1.29, 1.82) is 0 Å². The Morgan fingerprint density at radius 2 is 2.05 bits per heavy atom. The van der Waals surface area contributed by atoms with Gasteiger partial charge in [0.15, 0.2) is 0 Å². The van der Waals surface area contributed by atoms with Gasteiger partial charge in [-0.3, -0.25) is 4.79 Å². The molecule has 1 aliphatic heterocycles. The van der Waals surface area contributed by atoms with Crippen LogP contribution in [0.5, 0.6) is 0 Å². The highest BCUT2D eigenvalue weighted by Gasteiger charge is 2.37. The zero-order valence-corrected chi connectivity index (χ0v) is 11.9. The third-order valence-corrected chi connectivity index (χ3v) is 3.03. The molecule has 1 fully saturated rings. The zero-order chi connectivity index (χ0) is 16.2. The third-order valence-electron chi connectivity index (χ3n) is 3.03. The molecule has 2 amide bonds. The number of rotatable bonds is 4. The summed E-state index contributed by atoms with van der Waals surface area (Å²) in [5, 5.41) is 8.70. The first-order chi connectivity index (χ1) is 9.60. The minimum Gasteiger partial charge on any atom is -0.481 e. The fourth-order valence-electron chi connectivity index (χ4n) is 2.06. The average molecular weight is 312 g/mol. The fraction of sp³-hybridized carbons (Fsp3) is 0.833. The van der Waals surface area contributed by atoms with Crippen LogP contribution in [0.1, 0.15) is 20.3 Å². The van der Waals surface area contributed by atoms with Gasteiger partial charge in [0, 0.05) is 19.1 Å². The van der Waals surface area contributed by atoms with Crippen molar-refractivity contribution >= 4 is 12.0 Å². The number of halogens is 3. The van der Waals surface area contributed by atoms with Crippen LogP contribution in [0.15, 0.2) is 0 Å². The number of hydrogen-bond acceptors (Lipinski definition) is 3. The molecule has 1 N–H and O–H groups in total. The Morgan fingerprint density at radius 1 is 1.43 bits per heavy atom. The molecule has 0 aromatic carbocycles. The Morgan fingerprint density at radius 3 is 2.52 bits per heavy atom. The van der Waals surface area contributed by atoms with E-state index in [0.29, 0.717) is 0 Å². The molecule has 0 radical (unpaired) electrons. The topological polar surface area (TPSA) is 70.1 Å². The van der Waals surface area contributed by atoms with Gasteiger partial charge in [-0.15, -0.1) is 0 Å². The number of morpholine rings is 1. The molecule has 0 bridgehead atoms. The summed E-state index contributed by atoms with van der Waals surface area (Å²) in [7, 11) is 0. The summed E-state index contributed by atoms with van der Waals surface area (Å²) >= 11 is 0. The van der Waals surface area contributed by atoms with E-state index >= 15 is 0 Å². The van der Waals surface area contributed by atoms with Gasteiger partial charge >= 0.3 is 18.2 Å². The van der Waals surface area contributed by atoms with E-state index in [2.05, 4.69) is 0 Å². The molecule has 0 saturated carbocycles. The van der Waals surface area contributed by atoms with E-state index in [0.717, 1.165) is 4.90 Å². The molecule has 9 heteroatoms. The molecule has 21 heavy (non-hydrogen) atoms. The summed E-state index contributed by atoms with van der Waals surface area (Å²) < 4.78 is 42.8. The number of carboxylic acid groups (broad SMARTS) is 1. The molecule has 122 valence electrons. The lowest BCUT2D eigenvalue weighted by Gasteiger charge is -2.37. The molecule has 0 aliphatic carbocycles. The number of hydrogen-bond donors (Lipinski definition) is 1. The number of amides is 2. The number of urea groups is 1. The minimum atomic E-state index is -4.48. The molecule has 1 aliphatic rings. The first-order valence-corrected chi connectivity index (χ1v) is 6.56. The highest BCUT2D eigenvalue weighted by Crippen LogP contribution is 2.20. The molecule has 1 atom stereocenters. The van der Waals surface area contributed by atoms with E-state index in [1.165, 1.54) is 18.7 Å². The standard InChI is InChI=1S/C12H19F3N2O4/c1-8(2)17(7-12(13,14)15)11(20)16-3-4-21-9(6-16)5-10(18)19/h8-9H,3-7H2,1-2H3,(H,18,19). The van der Waals surface area contributed by atoms with Gasteiger partial charge < -0.3 is 19.6 Å². The van der Waals surface area contributed by atoms with Gasteiger partial charge in [-0.2, -0.15) is 13.2 Å². The highest BCUT2D eigenvalue weighted by atomic mass is 19.4. The van der Waals surface area contributed by atoms with Gasteiger partial charge in [0.25, 0.3) is 0 Å². The Balaban J connectivity index is 2.72. The lowest BCUT2D eigenvalue weighted by Crippen LogP contribution is -2.54. The normalized spacial score (nSPS) is 19.7. The van der Waals surface area contributed by atoms with Crippen LogP contribution in [-0.2, 0) is 9.53 Å². The smallest absolute Gasteiger partial charge is 0.406 e. The highest BCUT2D eigenvalue weighted by molar-refractivity contribution is 5.75. The van der Waals surface area contributed by atoms with Crippen molar-refractivity contribution in [3.63, 3.8) is 0 Å². The predicted molar refractivity (Wildman–Crippen MR) is 66.9 cm³/mol. The summed E-state index contributed by atoms with van der Waals surface area (Å²) in [4.78, 5) is 24.8. The van der Waals surface area contributed by atoms with Crippen molar-refractivity contribution in [2.75, 3.05) is 26.2 Å². The number of carbonyl (C=O) groups excluding carboxylic acids is 1. The number of carboxylic acids is 1. The molecular formula is C12H19F3N2O4. The summed E-state index contributed by atoms with van der Waals surface area (Å²) in [6.45, 7) is 1.91. The van der Waals surface area contributed by atoms with Crippen LogP contribution in [0.25, 0.3) is 0 Å². The van der Waals surface area contributed by atoms with Gasteiger partial charge in [0.1, 0.15) is 6.54 Å². The van der Waals surface area contributed by atoms with Crippen LogP contribution in [0, 0.1) is 0 Å². The van der Waals surface area contributed by atoms with E-state index in [4.69, 9.17) is 9.84 Å². The second-order valence-electron chi connectivity index (χ2n) is 5.16. The van der Waals surface area contributed by atoms with Gasteiger partial charge in [-0.05, 0) is 13.8 Å². The van der Waals surface area contributed by atoms with Gasteiger partial charge in [0.05, 0.1) is 19.1 Å². The van der Waals surface area contributed by atoms with Crippen LogP contribution in [0.4, 0.5) is 18.0 Å². The van der Waals surface area contributed by atoms with Crippen LogP contribution in [0.2, 0.25) is 0 Å². The Hall–Kier alpha value is -1.51. The molecule has 1 unspecified atom stereocenters. The average Bonchev–Trinajstić information content (AvgIpc) is 2.33. The summed E-state index contributed by atoms with van der Waals surface area (Å²) in [6, 6.07) is -1.36. The van der Waals surface area contributed by atoms with E-state index in [1.54, 1.807) is 0 Å². The monoisotopic (exact) mass is 312 g/mol. The maximum Gasteiger partial charge on any atom is 0.406 e. The molecular weight excluding hydrogens is 293 g/mol. The zero-order valence-electron chi connectivity index (χ0n) is 11.9. The lowest BCUT2D eigenvalue weighted by molar-refractivity contribution is -0.145. The Labute approximate surface area is 120 Å². The Bertz CT molecular complexity index is 387. The van der Waals surface area contributed by atoms with Crippen molar-refractivity contribution in [1.82, 2.24) is 9.80 Å². The first kappa shape index (κ1) is 17.5. The van der Waals surface area contributed by atoms with Crippen molar-refractivity contribution in [3.05, 3.63) is 0 Å². The molecule has 1 rings (SSSR count). The SMILES string of the molecule is CC(C)N(CC(F)(F)F)C(=O)N1CCOC(CC(=O)O)C1. The third kappa shape index (κ3) is 5.78. The van der Waals surface area contributed by atoms with Crippen molar-refractivity contribution < 1.29 is 32.6 Å². The van der Waals surface area contributed by atoms with E-state index < -0.39 is 36.9 Å². The van der Waals surface area contributed by atoms with Gasteiger partial charge in [0.2, 0.25) is 0 Å². The molecule has 1 saturated heterocycles. The largest absolute Gasteiger partial charge is 0.481 e. The second kappa shape index (κ2) is 6.97. The minimum absolute atomic E-state index is 0.0216. The maximum atomic E-state index is 12.5. The van der Waals surface area contributed by atoms with Crippen LogP contribution >= 0.6 is 0 Å². The molecule has 0 aromatic rings. The molecule has 0 aromatic heterocycles. The van der Waals surface area contributed by atoms with Gasteiger partial charge in [-0.25, -0.2) is 4.79 Å². The predicted octanol–water partition coefficient (Wildman–Crippen LogP) is 1.55.